The van der Waals surface area contributed by atoms with E-state index >= 15 is 0 Å². The molecule has 1 aromatic rings. The van der Waals surface area contributed by atoms with Crippen LogP contribution >= 0.6 is 0 Å². The van der Waals surface area contributed by atoms with Crippen molar-refractivity contribution in [3.63, 3.8) is 0 Å². The second-order valence-electron chi connectivity index (χ2n) is 4.03. The summed E-state index contributed by atoms with van der Waals surface area (Å²) in [6.07, 6.45) is 1.40. The van der Waals surface area contributed by atoms with Crippen molar-refractivity contribution in [2.75, 3.05) is 11.9 Å². The Morgan fingerprint density at radius 1 is 1.61 bits per heavy atom. The number of carbonyl (C=O) groups is 1. The minimum atomic E-state index is -0.836. The molecule has 1 aromatic heterocycles. The van der Waals surface area contributed by atoms with Crippen LogP contribution in [0.4, 0.5) is 5.95 Å². The quantitative estimate of drug-likeness (QED) is 0.792. The molecule has 2 N–H and O–H groups in total. The summed E-state index contributed by atoms with van der Waals surface area (Å²) in [5, 5.41) is 20.7. The van der Waals surface area contributed by atoms with Gasteiger partial charge in [-0.3, -0.25) is 4.79 Å². The van der Waals surface area contributed by atoms with Crippen LogP contribution in [0, 0.1) is 24.2 Å². The highest BCUT2D eigenvalue weighted by molar-refractivity contribution is 5.70. The molecule has 0 radical (unpaired) electrons. The molecule has 0 amide bonds. The van der Waals surface area contributed by atoms with Crippen molar-refractivity contribution in [3.05, 3.63) is 17.5 Å². The number of carboxylic acid groups (broad SMARTS) is 1. The van der Waals surface area contributed by atoms with E-state index in [-0.39, 0.29) is 12.2 Å². The van der Waals surface area contributed by atoms with Gasteiger partial charge in [-0.05, 0) is 19.4 Å². The summed E-state index contributed by atoms with van der Waals surface area (Å²) in [6, 6.07) is 3.51. The van der Waals surface area contributed by atoms with Crippen molar-refractivity contribution >= 4 is 11.9 Å². The summed E-state index contributed by atoms with van der Waals surface area (Å²) in [7, 11) is 0. The molecule has 1 unspecified atom stereocenters. The molecule has 0 bridgehead atoms. The molecule has 1 atom stereocenters. The van der Waals surface area contributed by atoms with Crippen molar-refractivity contribution in [1.82, 2.24) is 9.97 Å². The molecule has 18 heavy (non-hydrogen) atoms. The summed E-state index contributed by atoms with van der Waals surface area (Å²) >= 11 is 0. The lowest BCUT2D eigenvalue weighted by atomic mass is 10.0. The van der Waals surface area contributed by atoms with E-state index in [2.05, 4.69) is 15.3 Å². The van der Waals surface area contributed by atoms with Crippen molar-refractivity contribution in [1.29, 1.82) is 5.26 Å². The first kappa shape index (κ1) is 13.9. The van der Waals surface area contributed by atoms with Crippen LogP contribution in [-0.2, 0) is 4.79 Å². The summed E-state index contributed by atoms with van der Waals surface area (Å²) < 4.78 is 0. The van der Waals surface area contributed by atoms with Gasteiger partial charge in [0.2, 0.25) is 5.95 Å². The molecule has 1 rings (SSSR count). The van der Waals surface area contributed by atoms with Gasteiger partial charge in [0.25, 0.3) is 0 Å². The van der Waals surface area contributed by atoms with Crippen molar-refractivity contribution in [3.8, 4) is 6.07 Å². The highest BCUT2D eigenvalue weighted by atomic mass is 16.4. The van der Waals surface area contributed by atoms with Gasteiger partial charge >= 0.3 is 5.97 Å². The van der Waals surface area contributed by atoms with E-state index in [1.54, 1.807) is 13.0 Å². The highest BCUT2D eigenvalue weighted by Gasteiger charge is 2.16. The molecule has 96 valence electrons. The molecule has 0 saturated heterocycles. The maximum atomic E-state index is 11.0. The number of nitrogens with one attached hydrogen (secondary N) is 1. The van der Waals surface area contributed by atoms with Gasteiger partial charge in [0.15, 0.2) is 0 Å². The molecule has 0 aliphatic heterocycles. The van der Waals surface area contributed by atoms with E-state index in [1.165, 1.54) is 0 Å². The average Bonchev–Trinajstić information content (AvgIpc) is 2.33. The van der Waals surface area contributed by atoms with Gasteiger partial charge in [0.1, 0.15) is 11.8 Å². The monoisotopic (exact) mass is 248 g/mol. The lowest BCUT2D eigenvalue weighted by Crippen LogP contribution is -2.23. The first-order valence-electron chi connectivity index (χ1n) is 5.79. The molecule has 0 aliphatic carbocycles. The molecule has 6 nitrogen and oxygen atoms in total. The van der Waals surface area contributed by atoms with E-state index in [4.69, 9.17) is 10.4 Å². The standard InChI is InChI=1S/C12H16N4O2/c1-3-4-9(11(17)18)7-14-12-15-8(2)5-10(6-13)16-12/h5,9H,3-4,7H2,1-2H3,(H,17,18)(H,14,15,16). The van der Waals surface area contributed by atoms with Crippen LogP contribution in [0.15, 0.2) is 6.07 Å². The van der Waals surface area contributed by atoms with E-state index < -0.39 is 11.9 Å². The Kier molecular flexibility index (Phi) is 5.06. The predicted octanol–water partition coefficient (Wildman–Crippen LogP) is 1.57. The third kappa shape index (κ3) is 4.01. The Morgan fingerprint density at radius 3 is 2.89 bits per heavy atom. The number of nitrogens with zero attached hydrogens (tertiary/aromatic N) is 3. The van der Waals surface area contributed by atoms with Crippen LogP contribution in [0.5, 0.6) is 0 Å². The normalized spacial score (nSPS) is 11.6. The summed E-state index contributed by atoms with van der Waals surface area (Å²) in [6.45, 7) is 3.96. The fourth-order valence-electron chi connectivity index (χ4n) is 1.58. The largest absolute Gasteiger partial charge is 0.481 e. The number of aliphatic carboxylic acids is 1. The zero-order valence-electron chi connectivity index (χ0n) is 10.5. The molecule has 0 aliphatic rings. The zero-order chi connectivity index (χ0) is 13.5. The first-order valence-corrected chi connectivity index (χ1v) is 5.79. The van der Waals surface area contributed by atoms with Gasteiger partial charge in [-0.25, -0.2) is 9.97 Å². The molecular formula is C12H16N4O2. The lowest BCUT2D eigenvalue weighted by Gasteiger charge is -2.12. The van der Waals surface area contributed by atoms with Gasteiger partial charge in [0.05, 0.1) is 5.92 Å². The Morgan fingerprint density at radius 2 is 2.33 bits per heavy atom. The van der Waals surface area contributed by atoms with Crippen LogP contribution < -0.4 is 5.32 Å². The fraction of sp³-hybridized carbons (Fsp3) is 0.500. The summed E-state index contributed by atoms with van der Waals surface area (Å²) in [4.78, 5) is 19.0. The smallest absolute Gasteiger partial charge is 0.308 e. The lowest BCUT2D eigenvalue weighted by molar-refractivity contribution is -0.141. The highest BCUT2D eigenvalue weighted by Crippen LogP contribution is 2.09. The Bertz CT molecular complexity index is 468. The number of hydrogen-bond donors (Lipinski definition) is 2. The number of nitriles is 1. The number of rotatable bonds is 6. The van der Waals surface area contributed by atoms with Crippen LogP contribution in [-0.4, -0.2) is 27.6 Å². The van der Waals surface area contributed by atoms with Gasteiger partial charge in [-0.1, -0.05) is 13.3 Å². The van der Waals surface area contributed by atoms with Gasteiger partial charge in [-0.15, -0.1) is 0 Å². The molecule has 0 saturated carbocycles. The summed E-state index contributed by atoms with van der Waals surface area (Å²) in [5.74, 6) is -1.00. The van der Waals surface area contributed by atoms with Crippen molar-refractivity contribution < 1.29 is 9.90 Å². The number of aromatic nitrogens is 2. The van der Waals surface area contributed by atoms with Gasteiger partial charge < -0.3 is 10.4 Å². The topological polar surface area (TPSA) is 98.9 Å². The van der Waals surface area contributed by atoms with E-state index in [0.29, 0.717) is 18.1 Å². The second-order valence-corrected chi connectivity index (χ2v) is 4.03. The minimum absolute atomic E-state index is 0.261. The Balaban J connectivity index is 2.70. The fourth-order valence-corrected chi connectivity index (χ4v) is 1.58. The molecule has 0 spiro atoms. The van der Waals surface area contributed by atoms with E-state index in [1.807, 2.05) is 13.0 Å². The van der Waals surface area contributed by atoms with Crippen LogP contribution in [0.3, 0.4) is 0 Å². The summed E-state index contributed by atoms with van der Waals surface area (Å²) in [5.41, 5.74) is 0.943. The minimum Gasteiger partial charge on any atom is -0.481 e. The van der Waals surface area contributed by atoms with Crippen molar-refractivity contribution in [2.24, 2.45) is 5.92 Å². The third-order valence-electron chi connectivity index (χ3n) is 2.46. The number of anilines is 1. The van der Waals surface area contributed by atoms with Crippen LogP contribution in [0.1, 0.15) is 31.2 Å². The zero-order valence-corrected chi connectivity index (χ0v) is 10.5. The molecule has 6 heteroatoms. The van der Waals surface area contributed by atoms with Crippen LogP contribution in [0.2, 0.25) is 0 Å². The third-order valence-corrected chi connectivity index (χ3v) is 2.46. The Hall–Kier alpha value is -2.16. The molecule has 0 aromatic carbocycles. The maximum Gasteiger partial charge on any atom is 0.308 e. The van der Waals surface area contributed by atoms with E-state index in [9.17, 15) is 4.79 Å². The maximum absolute atomic E-state index is 11.0. The average molecular weight is 248 g/mol. The SMILES string of the molecule is CCCC(CNc1nc(C)cc(C#N)n1)C(=O)O. The molecular weight excluding hydrogens is 232 g/mol. The number of hydrogen-bond acceptors (Lipinski definition) is 5. The second kappa shape index (κ2) is 6.55. The predicted molar refractivity (Wildman–Crippen MR) is 66.0 cm³/mol. The number of aryl methyl sites for hydroxylation is 1. The van der Waals surface area contributed by atoms with Crippen LogP contribution in [0.25, 0.3) is 0 Å². The molecule has 1 heterocycles. The molecule has 0 fully saturated rings. The van der Waals surface area contributed by atoms with E-state index in [0.717, 1.165) is 6.42 Å². The Labute approximate surface area is 106 Å². The van der Waals surface area contributed by atoms with Gasteiger partial charge in [-0.2, -0.15) is 5.26 Å². The number of carboxylic acids is 1. The van der Waals surface area contributed by atoms with Gasteiger partial charge in [0, 0.05) is 12.2 Å². The first-order chi connectivity index (χ1) is 8.56. The van der Waals surface area contributed by atoms with Crippen molar-refractivity contribution in [2.45, 2.75) is 26.7 Å².